The van der Waals surface area contributed by atoms with Crippen LogP contribution in [0.15, 0.2) is 46.8 Å². The van der Waals surface area contributed by atoms with Crippen LogP contribution < -0.4 is 10.6 Å². The number of nitrogens with zero attached hydrogens (tertiary/aromatic N) is 1. The van der Waals surface area contributed by atoms with Gasteiger partial charge < -0.3 is 10.6 Å². The molecular weight excluding hydrogens is 290 g/mol. The van der Waals surface area contributed by atoms with Crippen molar-refractivity contribution in [2.24, 2.45) is 4.99 Å². The van der Waals surface area contributed by atoms with Gasteiger partial charge >= 0.3 is 0 Å². The van der Waals surface area contributed by atoms with E-state index in [1.54, 1.807) is 11.3 Å². The Balaban J connectivity index is 1.73. The van der Waals surface area contributed by atoms with E-state index in [0.29, 0.717) is 5.92 Å². The molecule has 0 spiro atoms. The third-order valence-electron chi connectivity index (χ3n) is 3.62. The molecule has 0 saturated carbocycles. The van der Waals surface area contributed by atoms with Gasteiger partial charge in [0.1, 0.15) is 0 Å². The van der Waals surface area contributed by atoms with Gasteiger partial charge in [0.2, 0.25) is 0 Å². The van der Waals surface area contributed by atoms with E-state index in [-0.39, 0.29) is 0 Å². The summed E-state index contributed by atoms with van der Waals surface area (Å²) < 4.78 is 0. The molecule has 0 aliphatic rings. The van der Waals surface area contributed by atoms with E-state index < -0.39 is 0 Å². The molecule has 118 valence electrons. The van der Waals surface area contributed by atoms with Crippen LogP contribution in [-0.4, -0.2) is 26.1 Å². The minimum absolute atomic E-state index is 0.496. The molecule has 0 radical (unpaired) electrons. The number of aryl methyl sites for hydroxylation is 1. The number of guanidine groups is 1. The molecule has 0 aliphatic carbocycles. The van der Waals surface area contributed by atoms with Crippen molar-refractivity contribution in [3.63, 3.8) is 0 Å². The predicted octanol–water partition coefficient (Wildman–Crippen LogP) is 3.57. The minimum atomic E-state index is 0.496. The SMILES string of the molecule is CN=C(NCCc1cccc(C)c1)NCC(C)c1cccs1. The van der Waals surface area contributed by atoms with Crippen LogP contribution in [0.25, 0.3) is 0 Å². The minimum Gasteiger partial charge on any atom is -0.356 e. The number of benzene rings is 1. The third kappa shape index (κ3) is 5.19. The van der Waals surface area contributed by atoms with Crippen LogP contribution in [0.2, 0.25) is 0 Å². The molecule has 0 fully saturated rings. The van der Waals surface area contributed by atoms with E-state index in [1.807, 2.05) is 7.05 Å². The maximum absolute atomic E-state index is 4.29. The van der Waals surface area contributed by atoms with Crippen LogP contribution in [0.3, 0.4) is 0 Å². The zero-order valence-corrected chi connectivity index (χ0v) is 14.4. The molecule has 1 aromatic carbocycles. The average molecular weight is 315 g/mol. The summed E-state index contributed by atoms with van der Waals surface area (Å²) in [6, 6.07) is 12.9. The van der Waals surface area contributed by atoms with Crippen molar-refractivity contribution in [2.45, 2.75) is 26.2 Å². The fourth-order valence-corrected chi connectivity index (χ4v) is 3.12. The second-order valence-corrected chi connectivity index (χ2v) is 6.51. The van der Waals surface area contributed by atoms with Crippen LogP contribution >= 0.6 is 11.3 Å². The molecule has 1 atom stereocenters. The number of hydrogen-bond donors (Lipinski definition) is 2. The molecule has 1 unspecified atom stereocenters. The van der Waals surface area contributed by atoms with E-state index in [4.69, 9.17) is 0 Å². The lowest BCUT2D eigenvalue weighted by molar-refractivity contribution is 0.707. The highest BCUT2D eigenvalue weighted by Gasteiger charge is 2.07. The molecule has 0 saturated heterocycles. The summed E-state index contributed by atoms with van der Waals surface area (Å²) in [4.78, 5) is 5.69. The van der Waals surface area contributed by atoms with Crippen molar-refractivity contribution in [1.82, 2.24) is 10.6 Å². The first-order valence-electron chi connectivity index (χ1n) is 7.72. The van der Waals surface area contributed by atoms with Crippen molar-refractivity contribution < 1.29 is 0 Å². The molecule has 2 rings (SSSR count). The molecule has 2 aromatic rings. The molecule has 1 heterocycles. The Bertz CT molecular complexity index is 590. The quantitative estimate of drug-likeness (QED) is 0.631. The monoisotopic (exact) mass is 315 g/mol. The van der Waals surface area contributed by atoms with Gasteiger partial charge in [-0.15, -0.1) is 11.3 Å². The number of aliphatic imine (C=N–C) groups is 1. The van der Waals surface area contributed by atoms with Gasteiger partial charge in [0.25, 0.3) is 0 Å². The first-order chi connectivity index (χ1) is 10.7. The van der Waals surface area contributed by atoms with Crippen LogP contribution in [-0.2, 0) is 6.42 Å². The fourth-order valence-electron chi connectivity index (χ4n) is 2.34. The van der Waals surface area contributed by atoms with Crippen molar-refractivity contribution in [3.8, 4) is 0 Å². The lowest BCUT2D eigenvalue weighted by atomic mass is 10.1. The van der Waals surface area contributed by atoms with Crippen molar-refractivity contribution in [2.75, 3.05) is 20.1 Å². The summed E-state index contributed by atoms with van der Waals surface area (Å²) in [6.07, 6.45) is 1.00. The summed E-state index contributed by atoms with van der Waals surface area (Å²) in [5, 5.41) is 8.91. The van der Waals surface area contributed by atoms with Crippen molar-refractivity contribution in [1.29, 1.82) is 0 Å². The van der Waals surface area contributed by atoms with Gasteiger partial charge in [-0.25, -0.2) is 0 Å². The average Bonchev–Trinajstić information content (AvgIpc) is 3.05. The highest BCUT2D eigenvalue weighted by Crippen LogP contribution is 2.19. The Kier molecular flexibility index (Phi) is 6.46. The van der Waals surface area contributed by atoms with Crippen LogP contribution in [0.4, 0.5) is 0 Å². The van der Waals surface area contributed by atoms with Gasteiger partial charge in [-0.05, 0) is 30.4 Å². The predicted molar refractivity (Wildman–Crippen MR) is 97.0 cm³/mol. The molecule has 0 amide bonds. The van der Waals surface area contributed by atoms with Gasteiger partial charge in [-0.3, -0.25) is 4.99 Å². The highest BCUT2D eigenvalue weighted by molar-refractivity contribution is 7.10. The molecule has 4 heteroatoms. The lowest BCUT2D eigenvalue weighted by Crippen LogP contribution is -2.39. The Hall–Kier alpha value is -1.81. The van der Waals surface area contributed by atoms with Gasteiger partial charge in [-0.1, -0.05) is 42.8 Å². The fraction of sp³-hybridized carbons (Fsp3) is 0.389. The van der Waals surface area contributed by atoms with Gasteiger partial charge in [0.15, 0.2) is 5.96 Å². The van der Waals surface area contributed by atoms with Gasteiger partial charge in [-0.2, -0.15) is 0 Å². The summed E-state index contributed by atoms with van der Waals surface area (Å²) in [5.74, 6) is 1.37. The van der Waals surface area contributed by atoms with Crippen LogP contribution in [0, 0.1) is 6.92 Å². The van der Waals surface area contributed by atoms with E-state index in [0.717, 1.165) is 25.5 Å². The summed E-state index contributed by atoms with van der Waals surface area (Å²) in [7, 11) is 1.82. The number of hydrogen-bond acceptors (Lipinski definition) is 2. The number of rotatable bonds is 6. The number of nitrogens with one attached hydrogen (secondary N) is 2. The van der Waals surface area contributed by atoms with E-state index in [9.17, 15) is 0 Å². The van der Waals surface area contributed by atoms with Crippen LogP contribution in [0.1, 0.15) is 28.8 Å². The van der Waals surface area contributed by atoms with E-state index >= 15 is 0 Å². The molecule has 0 bridgehead atoms. The zero-order valence-electron chi connectivity index (χ0n) is 13.6. The second kappa shape index (κ2) is 8.59. The first-order valence-corrected chi connectivity index (χ1v) is 8.60. The Morgan fingerprint density at radius 3 is 2.77 bits per heavy atom. The van der Waals surface area contributed by atoms with E-state index in [1.165, 1.54) is 16.0 Å². The Labute approximate surface area is 137 Å². The lowest BCUT2D eigenvalue weighted by Gasteiger charge is -2.15. The third-order valence-corrected chi connectivity index (χ3v) is 4.72. The molecule has 3 nitrogen and oxygen atoms in total. The largest absolute Gasteiger partial charge is 0.356 e. The molecule has 22 heavy (non-hydrogen) atoms. The molecule has 0 aliphatic heterocycles. The zero-order chi connectivity index (χ0) is 15.8. The highest BCUT2D eigenvalue weighted by atomic mass is 32.1. The first kappa shape index (κ1) is 16.6. The topological polar surface area (TPSA) is 36.4 Å². The maximum atomic E-state index is 4.29. The number of thiophene rings is 1. The van der Waals surface area contributed by atoms with Crippen LogP contribution in [0.5, 0.6) is 0 Å². The molecule has 1 aromatic heterocycles. The molecule has 2 N–H and O–H groups in total. The second-order valence-electron chi connectivity index (χ2n) is 5.54. The van der Waals surface area contributed by atoms with Crippen molar-refractivity contribution in [3.05, 3.63) is 57.8 Å². The summed E-state index contributed by atoms with van der Waals surface area (Å²) in [6.45, 7) is 6.14. The Morgan fingerprint density at radius 1 is 1.23 bits per heavy atom. The molecular formula is C18H25N3S. The van der Waals surface area contributed by atoms with Crippen molar-refractivity contribution >= 4 is 17.3 Å². The maximum Gasteiger partial charge on any atom is 0.191 e. The Morgan fingerprint density at radius 2 is 2.09 bits per heavy atom. The summed E-state index contributed by atoms with van der Waals surface area (Å²) >= 11 is 1.81. The summed E-state index contributed by atoms with van der Waals surface area (Å²) in [5.41, 5.74) is 2.67. The van der Waals surface area contributed by atoms with Gasteiger partial charge in [0.05, 0.1) is 0 Å². The smallest absolute Gasteiger partial charge is 0.191 e. The van der Waals surface area contributed by atoms with Gasteiger partial charge in [0, 0.05) is 30.9 Å². The normalized spacial score (nSPS) is 13.0. The van der Waals surface area contributed by atoms with E-state index in [2.05, 4.69) is 71.3 Å². The standard InChI is InChI=1S/C18H25N3S/c1-14-6-4-7-16(12-14)9-10-20-18(19-3)21-13-15(2)17-8-5-11-22-17/h4-8,11-12,15H,9-10,13H2,1-3H3,(H2,19,20,21).